The molecule has 0 saturated carbocycles. The van der Waals surface area contributed by atoms with Gasteiger partial charge in [-0.05, 0) is 32.0 Å². The molecular formula is C12H18N2O. The fourth-order valence-corrected chi connectivity index (χ4v) is 1.38. The molecule has 0 aliphatic carbocycles. The summed E-state index contributed by atoms with van der Waals surface area (Å²) >= 11 is 0. The van der Waals surface area contributed by atoms with E-state index < -0.39 is 0 Å². The second-order valence-corrected chi connectivity index (χ2v) is 3.57. The zero-order chi connectivity index (χ0) is 11.1. The summed E-state index contributed by atoms with van der Waals surface area (Å²) in [5.41, 5.74) is 1.58. The van der Waals surface area contributed by atoms with E-state index in [2.05, 4.69) is 17.2 Å². The fraction of sp³-hybridized carbons (Fsp3) is 0.500. The van der Waals surface area contributed by atoms with Gasteiger partial charge in [-0.25, -0.2) is 4.98 Å². The Balaban J connectivity index is 2.69. The highest BCUT2D eigenvalue weighted by Gasteiger charge is 2.06. The number of nitrogens with zero attached hydrogens (tertiary/aromatic N) is 1. The Morgan fingerprint density at radius 1 is 1.47 bits per heavy atom. The molecule has 1 heterocycles. The Hall–Kier alpha value is -1.22. The van der Waals surface area contributed by atoms with Gasteiger partial charge in [0.2, 0.25) is 0 Å². The number of hydrogen-bond donors (Lipinski definition) is 1. The van der Waals surface area contributed by atoms with Crippen molar-refractivity contribution in [2.75, 3.05) is 13.6 Å². The minimum absolute atomic E-state index is 0.0517. The second-order valence-electron chi connectivity index (χ2n) is 3.57. The van der Waals surface area contributed by atoms with Crippen LogP contribution in [-0.2, 0) is 6.42 Å². The van der Waals surface area contributed by atoms with Crippen molar-refractivity contribution in [1.82, 2.24) is 10.3 Å². The van der Waals surface area contributed by atoms with E-state index in [4.69, 9.17) is 0 Å². The van der Waals surface area contributed by atoms with Crippen molar-refractivity contribution < 1.29 is 4.79 Å². The van der Waals surface area contributed by atoms with Crippen molar-refractivity contribution >= 4 is 5.78 Å². The second kappa shape index (κ2) is 6.30. The van der Waals surface area contributed by atoms with Crippen LogP contribution in [-0.4, -0.2) is 24.4 Å². The van der Waals surface area contributed by atoms with Gasteiger partial charge in [0.25, 0.3) is 0 Å². The Kier molecular flexibility index (Phi) is 4.98. The summed E-state index contributed by atoms with van der Waals surface area (Å²) in [6.07, 6.45) is 3.23. The molecule has 0 spiro atoms. The number of carbonyl (C=O) groups is 1. The molecule has 0 aromatic carbocycles. The maximum absolute atomic E-state index is 11.5. The fourth-order valence-electron chi connectivity index (χ4n) is 1.38. The van der Waals surface area contributed by atoms with Crippen molar-refractivity contribution in [3.63, 3.8) is 0 Å². The van der Waals surface area contributed by atoms with Crippen LogP contribution in [0.1, 0.15) is 35.9 Å². The first-order chi connectivity index (χ1) is 7.27. The maximum atomic E-state index is 11.5. The summed E-state index contributed by atoms with van der Waals surface area (Å²) < 4.78 is 0. The van der Waals surface area contributed by atoms with E-state index in [0.717, 1.165) is 25.0 Å². The van der Waals surface area contributed by atoms with Crippen LogP contribution in [0.5, 0.6) is 0 Å². The van der Waals surface area contributed by atoms with Crippen molar-refractivity contribution in [2.45, 2.75) is 26.2 Å². The SMILES string of the molecule is CCCCc1cccc(C(=O)CNC)n1. The standard InChI is InChI=1S/C12H18N2O/c1-3-4-6-10-7-5-8-11(14-10)12(15)9-13-2/h5,7-8,13H,3-4,6,9H2,1-2H3. The number of pyridine rings is 1. The van der Waals surface area contributed by atoms with Crippen LogP contribution >= 0.6 is 0 Å². The molecule has 0 aliphatic heterocycles. The molecule has 1 aromatic rings. The molecule has 1 N–H and O–H groups in total. The predicted molar refractivity (Wildman–Crippen MR) is 61.1 cm³/mol. The lowest BCUT2D eigenvalue weighted by molar-refractivity contribution is 0.0988. The van der Waals surface area contributed by atoms with Gasteiger partial charge in [0, 0.05) is 5.69 Å². The van der Waals surface area contributed by atoms with E-state index in [0.29, 0.717) is 12.2 Å². The number of carbonyl (C=O) groups excluding carboxylic acids is 1. The van der Waals surface area contributed by atoms with E-state index in [1.807, 2.05) is 12.1 Å². The van der Waals surface area contributed by atoms with Gasteiger partial charge in [0.05, 0.1) is 6.54 Å². The molecule has 15 heavy (non-hydrogen) atoms. The molecule has 82 valence electrons. The topological polar surface area (TPSA) is 42.0 Å². The van der Waals surface area contributed by atoms with Gasteiger partial charge in [0.15, 0.2) is 5.78 Å². The number of ketones is 1. The molecule has 0 bridgehead atoms. The monoisotopic (exact) mass is 206 g/mol. The van der Waals surface area contributed by atoms with Gasteiger partial charge in [-0.15, -0.1) is 0 Å². The summed E-state index contributed by atoms with van der Waals surface area (Å²) in [7, 11) is 1.76. The van der Waals surface area contributed by atoms with Gasteiger partial charge in [-0.1, -0.05) is 19.4 Å². The van der Waals surface area contributed by atoms with Crippen molar-refractivity contribution in [2.24, 2.45) is 0 Å². The average molecular weight is 206 g/mol. The van der Waals surface area contributed by atoms with Crippen LogP contribution in [0.3, 0.4) is 0 Å². The van der Waals surface area contributed by atoms with E-state index >= 15 is 0 Å². The van der Waals surface area contributed by atoms with Gasteiger partial charge >= 0.3 is 0 Å². The molecular weight excluding hydrogens is 188 g/mol. The van der Waals surface area contributed by atoms with Gasteiger partial charge < -0.3 is 5.32 Å². The molecule has 3 nitrogen and oxygen atoms in total. The van der Waals surface area contributed by atoms with E-state index in [9.17, 15) is 4.79 Å². The van der Waals surface area contributed by atoms with Crippen LogP contribution < -0.4 is 5.32 Å². The van der Waals surface area contributed by atoms with Gasteiger partial charge in [-0.3, -0.25) is 4.79 Å². The summed E-state index contributed by atoms with van der Waals surface area (Å²) in [4.78, 5) is 15.9. The van der Waals surface area contributed by atoms with Gasteiger partial charge in [-0.2, -0.15) is 0 Å². The van der Waals surface area contributed by atoms with Gasteiger partial charge in [0.1, 0.15) is 5.69 Å². The number of likely N-dealkylation sites (N-methyl/N-ethyl adjacent to an activating group) is 1. The lowest BCUT2D eigenvalue weighted by Gasteiger charge is -2.02. The van der Waals surface area contributed by atoms with E-state index in [-0.39, 0.29) is 5.78 Å². The number of nitrogens with one attached hydrogen (secondary N) is 1. The molecule has 0 aliphatic rings. The van der Waals surface area contributed by atoms with Crippen molar-refractivity contribution in [3.8, 4) is 0 Å². The molecule has 0 saturated heterocycles. The van der Waals surface area contributed by atoms with Crippen molar-refractivity contribution in [1.29, 1.82) is 0 Å². The summed E-state index contributed by atoms with van der Waals surface area (Å²) in [6, 6.07) is 5.65. The Labute approximate surface area is 90.9 Å². The Bertz CT molecular complexity index is 323. The summed E-state index contributed by atoms with van der Waals surface area (Å²) in [6.45, 7) is 2.50. The first kappa shape index (κ1) is 11.9. The molecule has 0 fully saturated rings. The number of unbranched alkanes of at least 4 members (excludes halogenated alkanes) is 1. The highest BCUT2D eigenvalue weighted by Crippen LogP contribution is 2.04. The maximum Gasteiger partial charge on any atom is 0.194 e. The zero-order valence-corrected chi connectivity index (χ0v) is 9.42. The summed E-state index contributed by atoms with van der Waals surface area (Å²) in [5.74, 6) is 0.0517. The normalized spacial score (nSPS) is 10.3. The lowest BCUT2D eigenvalue weighted by Crippen LogP contribution is -2.19. The summed E-state index contributed by atoms with van der Waals surface area (Å²) in [5, 5.41) is 2.84. The van der Waals surface area contributed by atoms with Crippen LogP contribution in [0, 0.1) is 0 Å². The number of rotatable bonds is 6. The zero-order valence-electron chi connectivity index (χ0n) is 9.42. The number of aryl methyl sites for hydroxylation is 1. The number of aromatic nitrogens is 1. The molecule has 1 aromatic heterocycles. The smallest absolute Gasteiger partial charge is 0.194 e. The molecule has 0 radical (unpaired) electrons. The molecule has 1 rings (SSSR count). The van der Waals surface area contributed by atoms with Crippen LogP contribution in [0.15, 0.2) is 18.2 Å². The Morgan fingerprint density at radius 3 is 2.93 bits per heavy atom. The first-order valence-corrected chi connectivity index (χ1v) is 5.41. The average Bonchev–Trinajstić information content (AvgIpc) is 2.27. The molecule has 0 atom stereocenters. The lowest BCUT2D eigenvalue weighted by atomic mass is 10.1. The van der Waals surface area contributed by atoms with E-state index in [1.54, 1.807) is 13.1 Å². The molecule has 3 heteroatoms. The van der Waals surface area contributed by atoms with Crippen LogP contribution in [0.4, 0.5) is 0 Å². The third kappa shape index (κ3) is 3.80. The van der Waals surface area contributed by atoms with Crippen LogP contribution in [0.25, 0.3) is 0 Å². The minimum Gasteiger partial charge on any atom is -0.313 e. The van der Waals surface area contributed by atoms with Crippen LogP contribution in [0.2, 0.25) is 0 Å². The first-order valence-electron chi connectivity index (χ1n) is 5.41. The highest BCUT2D eigenvalue weighted by molar-refractivity contribution is 5.95. The largest absolute Gasteiger partial charge is 0.313 e. The van der Waals surface area contributed by atoms with E-state index in [1.165, 1.54) is 0 Å². The third-order valence-electron chi connectivity index (χ3n) is 2.22. The third-order valence-corrected chi connectivity index (χ3v) is 2.22. The quantitative estimate of drug-likeness (QED) is 0.722. The number of hydrogen-bond acceptors (Lipinski definition) is 3. The minimum atomic E-state index is 0.0517. The molecule has 0 unspecified atom stereocenters. The predicted octanol–water partition coefficient (Wildman–Crippen LogP) is 1.83. The Morgan fingerprint density at radius 2 is 2.27 bits per heavy atom. The number of Topliss-reactive ketones (excluding diaryl/α,β-unsaturated/α-hetero) is 1. The molecule has 0 amide bonds. The highest BCUT2D eigenvalue weighted by atomic mass is 16.1. The van der Waals surface area contributed by atoms with Crippen molar-refractivity contribution in [3.05, 3.63) is 29.6 Å².